The molecule has 0 amide bonds. The van der Waals surface area contributed by atoms with Crippen molar-refractivity contribution in [3.8, 4) is 0 Å². The Balaban J connectivity index is 2.32. The molecule has 0 radical (unpaired) electrons. The Hall–Kier alpha value is -0.820. The van der Waals surface area contributed by atoms with Crippen molar-refractivity contribution in [1.29, 1.82) is 0 Å². The van der Waals surface area contributed by atoms with Crippen LogP contribution in [0.3, 0.4) is 0 Å². The first-order valence-electron chi connectivity index (χ1n) is 5.08. The summed E-state index contributed by atoms with van der Waals surface area (Å²) >= 11 is 0. The van der Waals surface area contributed by atoms with Crippen LogP contribution in [0.25, 0.3) is 0 Å². The standard InChI is InChI=1S/C12H17N/c1-9-5-6-10(2)11(8-9)12-4-3-7-13-12/h5-6,8,12-13H,3-4,7H2,1-2H3/t12-/m1/s1. The highest BCUT2D eigenvalue weighted by atomic mass is 14.9. The van der Waals surface area contributed by atoms with Gasteiger partial charge in [0, 0.05) is 6.04 Å². The van der Waals surface area contributed by atoms with Crippen molar-refractivity contribution in [2.24, 2.45) is 0 Å². The second-order valence-electron chi connectivity index (χ2n) is 4.01. The number of hydrogen-bond acceptors (Lipinski definition) is 1. The summed E-state index contributed by atoms with van der Waals surface area (Å²) in [7, 11) is 0. The van der Waals surface area contributed by atoms with E-state index in [0.717, 1.165) is 0 Å². The molecule has 13 heavy (non-hydrogen) atoms. The van der Waals surface area contributed by atoms with E-state index >= 15 is 0 Å². The van der Waals surface area contributed by atoms with Gasteiger partial charge in [-0.2, -0.15) is 0 Å². The van der Waals surface area contributed by atoms with Gasteiger partial charge in [0.15, 0.2) is 0 Å². The van der Waals surface area contributed by atoms with E-state index in [1.165, 1.54) is 36.1 Å². The number of nitrogens with one attached hydrogen (secondary N) is 1. The van der Waals surface area contributed by atoms with Crippen molar-refractivity contribution in [2.75, 3.05) is 6.54 Å². The number of rotatable bonds is 1. The van der Waals surface area contributed by atoms with Gasteiger partial charge in [0.2, 0.25) is 0 Å². The van der Waals surface area contributed by atoms with Gasteiger partial charge in [-0.25, -0.2) is 0 Å². The maximum Gasteiger partial charge on any atom is 0.0323 e. The fourth-order valence-corrected chi connectivity index (χ4v) is 2.09. The van der Waals surface area contributed by atoms with Gasteiger partial charge in [0.05, 0.1) is 0 Å². The summed E-state index contributed by atoms with van der Waals surface area (Å²) in [6, 6.07) is 7.34. The minimum atomic E-state index is 0.611. The third kappa shape index (κ3) is 1.75. The Bertz CT molecular complexity index is 298. The van der Waals surface area contributed by atoms with Gasteiger partial charge in [-0.15, -0.1) is 0 Å². The Morgan fingerprint density at radius 1 is 1.31 bits per heavy atom. The van der Waals surface area contributed by atoms with Crippen LogP contribution in [-0.4, -0.2) is 6.54 Å². The largest absolute Gasteiger partial charge is 0.310 e. The van der Waals surface area contributed by atoms with Gasteiger partial charge in [-0.1, -0.05) is 23.8 Å². The Kier molecular flexibility index (Phi) is 2.36. The Labute approximate surface area is 80.2 Å². The molecule has 1 aromatic rings. The molecule has 1 N–H and O–H groups in total. The van der Waals surface area contributed by atoms with Crippen molar-refractivity contribution in [3.05, 3.63) is 34.9 Å². The average molecular weight is 175 g/mol. The van der Waals surface area contributed by atoms with E-state index in [4.69, 9.17) is 0 Å². The molecule has 1 heterocycles. The lowest BCUT2D eigenvalue weighted by Crippen LogP contribution is -2.14. The summed E-state index contributed by atoms with van der Waals surface area (Å²) in [6.45, 7) is 5.55. The molecule has 0 unspecified atom stereocenters. The third-order valence-corrected chi connectivity index (χ3v) is 2.87. The number of benzene rings is 1. The van der Waals surface area contributed by atoms with Gasteiger partial charge in [-0.05, 0) is 44.4 Å². The van der Waals surface area contributed by atoms with E-state index in [9.17, 15) is 0 Å². The predicted molar refractivity (Wildman–Crippen MR) is 55.9 cm³/mol. The van der Waals surface area contributed by atoms with Crippen LogP contribution in [0.1, 0.15) is 35.6 Å². The van der Waals surface area contributed by atoms with E-state index in [-0.39, 0.29) is 0 Å². The average Bonchev–Trinajstić information content (AvgIpc) is 2.61. The van der Waals surface area contributed by atoms with Crippen molar-refractivity contribution >= 4 is 0 Å². The lowest BCUT2D eigenvalue weighted by Gasteiger charge is -2.14. The first-order chi connectivity index (χ1) is 6.27. The molecule has 0 bridgehead atoms. The number of hydrogen-bond donors (Lipinski definition) is 1. The van der Waals surface area contributed by atoms with Gasteiger partial charge < -0.3 is 5.32 Å². The zero-order valence-electron chi connectivity index (χ0n) is 8.43. The molecule has 1 atom stereocenters. The predicted octanol–water partition coefficient (Wildman–Crippen LogP) is 2.73. The van der Waals surface area contributed by atoms with E-state index in [1.54, 1.807) is 0 Å². The summed E-state index contributed by atoms with van der Waals surface area (Å²) in [5.41, 5.74) is 4.29. The van der Waals surface area contributed by atoms with Crippen molar-refractivity contribution in [3.63, 3.8) is 0 Å². The highest BCUT2D eigenvalue weighted by Gasteiger charge is 2.17. The van der Waals surface area contributed by atoms with Crippen LogP contribution in [0.5, 0.6) is 0 Å². The van der Waals surface area contributed by atoms with Gasteiger partial charge >= 0.3 is 0 Å². The van der Waals surface area contributed by atoms with E-state index in [1.807, 2.05) is 0 Å². The topological polar surface area (TPSA) is 12.0 Å². The summed E-state index contributed by atoms with van der Waals surface area (Å²) in [5.74, 6) is 0. The Morgan fingerprint density at radius 3 is 2.85 bits per heavy atom. The molecule has 70 valence electrons. The normalized spacial score (nSPS) is 22.2. The van der Waals surface area contributed by atoms with Crippen LogP contribution < -0.4 is 5.32 Å². The van der Waals surface area contributed by atoms with Gasteiger partial charge in [0.1, 0.15) is 0 Å². The van der Waals surface area contributed by atoms with E-state index in [2.05, 4.69) is 37.4 Å². The van der Waals surface area contributed by atoms with Crippen LogP contribution in [0.4, 0.5) is 0 Å². The molecule has 1 aromatic carbocycles. The minimum Gasteiger partial charge on any atom is -0.310 e. The highest BCUT2D eigenvalue weighted by Crippen LogP contribution is 2.26. The van der Waals surface area contributed by atoms with Crippen molar-refractivity contribution in [1.82, 2.24) is 5.32 Å². The molecule has 1 heteroatoms. The van der Waals surface area contributed by atoms with Crippen molar-refractivity contribution in [2.45, 2.75) is 32.7 Å². The first-order valence-corrected chi connectivity index (χ1v) is 5.08. The summed E-state index contributed by atoms with van der Waals surface area (Å²) < 4.78 is 0. The summed E-state index contributed by atoms with van der Waals surface area (Å²) in [5, 5.41) is 3.54. The van der Waals surface area contributed by atoms with Crippen LogP contribution in [0, 0.1) is 13.8 Å². The number of aryl methyl sites for hydroxylation is 2. The van der Waals surface area contributed by atoms with Crippen LogP contribution in [0.2, 0.25) is 0 Å². The molecular weight excluding hydrogens is 158 g/mol. The molecule has 0 aromatic heterocycles. The van der Waals surface area contributed by atoms with Crippen LogP contribution in [-0.2, 0) is 0 Å². The zero-order chi connectivity index (χ0) is 9.26. The molecule has 2 rings (SSSR count). The molecule has 1 aliphatic rings. The highest BCUT2D eigenvalue weighted by molar-refractivity contribution is 5.33. The van der Waals surface area contributed by atoms with E-state index < -0.39 is 0 Å². The molecule has 1 saturated heterocycles. The molecule has 1 aliphatic heterocycles. The maximum absolute atomic E-state index is 3.54. The SMILES string of the molecule is Cc1ccc(C)c([C@H]2CCCN2)c1. The second kappa shape index (κ2) is 3.51. The molecule has 1 fully saturated rings. The van der Waals surface area contributed by atoms with Crippen LogP contribution in [0.15, 0.2) is 18.2 Å². The lowest BCUT2D eigenvalue weighted by atomic mass is 9.98. The van der Waals surface area contributed by atoms with Gasteiger partial charge in [-0.3, -0.25) is 0 Å². The molecule has 0 aliphatic carbocycles. The molecule has 0 saturated carbocycles. The molecular formula is C12H17N. The first kappa shape index (κ1) is 8.76. The fraction of sp³-hybridized carbons (Fsp3) is 0.500. The second-order valence-corrected chi connectivity index (χ2v) is 4.01. The molecule has 1 nitrogen and oxygen atoms in total. The molecule has 0 spiro atoms. The fourth-order valence-electron chi connectivity index (χ4n) is 2.09. The smallest absolute Gasteiger partial charge is 0.0323 e. The maximum atomic E-state index is 3.54. The Morgan fingerprint density at radius 2 is 2.15 bits per heavy atom. The summed E-state index contributed by atoms with van der Waals surface area (Å²) in [6.07, 6.45) is 2.61. The summed E-state index contributed by atoms with van der Waals surface area (Å²) in [4.78, 5) is 0. The minimum absolute atomic E-state index is 0.611. The van der Waals surface area contributed by atoms with Crippen molar-refractivity contribution < 1.29 is 0 Å². The zero-order valence-corrected chi connectivity index (χ0v) is 8.43. The van der Waals surface area contributed by atoms with Gasteiger partial charge in [0.25, 0.3) is 0 Å². The quantitative estimate of drug-likeness (QED) is 0.692. The monoisotopic (exact) mass is 175 g/mol. The third-order valence-electron chi connectivity index (χ3n) is 2.87. The van der Waals surface area contributed by atoms with Crippen LogP contribution >= 0.6 is 0 Å². The lowest BCUT2D eigenvalue weighted by molar-refractivity contribution is 0.643. The van der Waals surface area contributed by atoms with E-state index in [0.29, 0.717) is 6.04 Å².